The number of nitrogens with two attached hydrogens (primary N) is 1. The van der Waals surface area contributed by atoms with E-state index in [4.69, 9.17) is 10.5 Å². The van der Waals surface area contributed by atoms with Gasteiger partial charge in [-0.1, -0.05) is 25.1 Å². The third kappa shape index (κ3) is 1.98. The van der Waals surface area contributed by atoms with Gasteiger partial charge in [-0.2, -0.15) is 0 Å². The van der Waals surface area contributed by atoms with Crippen LogP contribution in [0.2, 0.25) is 0 Å². The van der Waals surface area contributed by atoms with Crippen molar-refractivity contribution in [3.05, 3.63) is 36.4 Å². The number of ether oxygens (including phenoxy) is 1. The van der Waals surface area contributed by atoms with Gasteiger partial charge in [0.1, 0.15) is 5.75 Å². The second kappa shape index (κ2) is 4.23. The standard InChI is InChI=1S/C13H13NO2/c1-2-13(15)16-10-7-6-9-4-3-5-12(14)11(9)8-10/h3-8H,2,14H2,1H3. The van der Waals surface area contributed by atoms with Crippen LogP contribution in [0.4, 0.5) is 5.69 Å². The van der Waals surface area contributed by atoms with Crippen LogP contribution in [0.3, 0.4) is 0 Å². The van der Waals surface area contributed by atoms with Crippen molar-refractivity contribution in [2.24, 2.45) is 0 Å². The van der Waals surface area contributed by atoms with Gasteiger partial charge in [-0.25, -0.2) is 0 Å². The Kier molecular flexibility index (Phi) is 2.77. The summed E-state index contributed by atoms with van der Waals surface area (Å²) < 4.78 is 5.13. The summed E-state index contributed by atoms with van der Waals surface area (Å²) in [5.41, 5.74) is 6.53. The van der Waals surface area contributed by atoms with Crippen molar-refractivity contribution in [3.63, 3.8) is 0 Å². The predicted octanol–water partition coefficient (Wildman–Crippen LogP) is 2.74. The van der Waals surface area contributed by atoms with E-state index in [0.717, 1.165) is 10.8 Å². The van der Waals surface area contributed by atoms with Gasteiger partial charge in [0.05, 0.1) is 0 Å². The first-order chi connectivity index (χ1) is 7.70. The molecule has 2 N–H and O–H groups in total. The van der Waals surface area contributed by atoms with Crippen LogP contribution in [-0.4, -0.2) is 5.97 Å². The van der Waals surface area contributed by atoms with E-state index in [-0.39, 0.29) is 5.97 Å². The lowest BCUT2D eigenvalue weighted by Crippen LogP contribution is -2.05. The minimum atomic E-state index is -0.242. The summed E-state index contributed by atoms with van der Waals surface area (Å²) in [6.07, 6.45) is 0.363. The third-order valence-corrected chi connectivity index (χ3v) is 2.41. The molecule has 82 valence electrons. The zero-order valence-corrected chi connectivity index (χ0v) is 9.07. The molecule has 2 aromatic rings. The van der Waals surface area contributed by atoms with E-state index in [1.54, 1.807) is 19.1 Å². The highest BCUT2D eigenvalue weighted by molar-refractivity contribution is 5.94. The Morgan fingerprint density at radius 2 is 2.12 bits per heavy atom. The maximum atomic E-state index is 11.1. The summed E-state index contributed by atoms with van der Waals surface area (Å²) in [6.45, 7) is 1.76. The van der Waals surface area contributed by atoms with Crippen LogP contribution in [0.15, 0.2) is 36.4 Å². The molecule has 0 aromatic heterocycles. The molecule has 0 aliphatic heterocycles. The Labute approximate surface area is 93.8 Å². The zero-order valence-electron chi connectivity index (χ0n) is 9.07. The van der Waals surface area contributed by atoms with E-state index in [1.165, 1.54) is 0 Å². The third-order valence-electron chi connectivity index (χ3n) is 2.41. The van der Waals surface area contributed by atoms with Crippen molar-refractivity contribution in [1.82, 2.24) is 0 Å². The number of esters is 1. The highest BCUT2D eigenvalue weighted by atomic mass is 16.5. The molecule has 2 aromatic carbocycles. The number of anilines is 1. The fraction of sp³-hybridized carbons (Fsp3) is 0.154. The highest BCUT2D eigenvalue weighted by Gasteiger charge is 2.03. The molecule has 3 nitrogen and oxygen atoms in total. The van der Waals surface area contributed by atoms with Crippen molar-refractivity contribution in [2.45, 2.75) is 13.3 Å². The molecule has 0 heterocycles. The summed E-state index contributed by atoms with van der Waals surface area (Å²) in [5, 5.41) is 1.94. The van der Waals surface area contributed by atoms with Crippen molar-refractivity contribution in [1.29, 1.82) is 0 Å². The number of benzene rings is 2. The van der Waals surface area contributed by atoms with Gasteiger partial charge in [0, 0.05) is 17.5 Å². The molecule has 0 bridgehead atoms. The average Bonchev–Trinajstić information content (AvgIpc) is 2.30. The fourth-order valence-corrected chi connectivity index (χ4v) is 1.54. The molecule has 0 aliphatic carbocycles. The maximum absolute atomic E-state index is 11.1. The number of carbonyl (C=O) groups is 1. The topological polar surface area (TPSA) is 52.3 Å². The van der Waals surface area contributed by atoms with Crippen LogP contribution in [0.5, 0.6) is 5.75 Å². The molecular formula is C13H13NO2. The quantitative estimate of drug-likeness (QED) is 0.476. The molecule has 0 radical (unpaired) electrons. The Morgan fingerprint density at radius 1 is 1.31 bits per heavy atom. The van der Waals surface area contributed by atoms with Gasteiger partial charge in [-0.05, 0) is 23.6 Å². The van der Waals surface area contributed by atoms with Gasteiger partial charge in [-0.15, -0.1) is 0 Å². The van der Waals surface area contributed by atoms with E-state index in [0.29, 0.717) is 17.9 Å². The van der Waals surface area contributed by atoms with E-state index in [9.17, 15) is 4.79 Å². The number of carbonyl (C=O) groups excluding carboxylic acids is 1. The monoisotopic (exact) mass is 215 g/mol. The molecule has 0 spiro atoms. The number of hydrogen-bond donors (Lipinski definition) is 1. The van der Waals surface area contributed by atoms with Gasteiger partial charge in [-0.3, -0.25) is 4.79 Å². The maximum Gasteiger partial charge on any atom is 0.310 e. The molecular weight excluding hydrogens is 202 g/mol. The molecule has 0 fully saturated rings. The summed E-state index contributed by atoms with van der Waals surface area (Å²) in [6, 6.07) is 11.2. The minimum absolute atomic E-state index is 0.242. The lowest BCUT2D eigenvalue weighted by Gasteiger charge is -2.06. The van der Waals surface area contributed by atoms with Gasteiger partial charge in [0.15, 0.2) is 0 Å². The second-order valence-electron chi connectivity index (χ2n) is 3.56. The van der Waals surface area contributed by atoms with Crippen LogP contribution < -0.4 is 10.5 Å². The number of hydrogen-bond acceptors (Lipinski definition) is 3. The average molecular weight is 215 g/mol. The minimum Gasteiger partial charge on any atom is -0.427 e. The highest BCUT2D eigenvalue weighted by Crippen LogP contribution is 2.25. The van der Waals surface area contributed by atoms with Crippen molar-refractivity contribution in [2.75, 3.05) is 5.73 Å². The number of fused-ring (bicyclic) bond motifs is 1. The lowest BCUT2D eigenvalue weighted by atomic mass is 10.1. The van der Waals surface area contributed by atoms with Crippen LogP contribution >= 0.6 is 0 Å². The molecule has 0 saturated carbocycles. The van der Waals surface area contributed by atoms with Gasteiger partial charge in [0.2, 0.25) is 0 Å². The SMILES string of the molecule is CCC(=O)Oc1ccc2cccc(N)c2c1. The van der Waals surface area contributed by atoms with E-state index in [1.807, 2.05) is 24.3 Å². The van der Waals surface area contributed by atoms with Gasteiger partial charge in [0.25, 0.3) is 0 Å². The van der Waals surface area contributed by atoms with Crippen molar-refractivity contribution in [3.8, 4) is 5.75 Å². The predicted molar refractivity (Wildman–Crippen MR) is 64.3 cm³/mol. The molecule has 0 saturated heterocycles. The first-order valence-corrected chi connectivity index (χ1v) is 5.19. The Bertz CT molecular complexity index is 534. The van der Waals surface area contributed by atoms with Crippen LogP contribution in [-0.2, 0) is 4.79 Å². The van der Waals surface area contributed by atoms with Crippen LogP contribution in [0.25, 0.3) is 10.8 Å². The Balaban J connectivity index is 2.43. The Hall–Kier alpha value is -2.03. The van der Waals surface area contributed by atoms with E-state index < -0.39 is 0 Å². The van der Waals surface area contributed by atoms with E-state index >= 15 is 0 Å². The first-order valence-electron chi connectivity index (χ1n) is 5.19. The summed E-state index contributed by atoms with van der Waals surface area (Å²) >= 11 is 0. The van der Waals surface area contributed by atoms with Crippen molar-refractivity contribution >= 4 is 22.4 Å². The fourth-order valence-electron chi connectivity index (χ4n) is 1.54. The molecule has 0 atom stereocenters. The molecule has 0 unspecified atom stereocenters. The van der Waals surface area contributed by atoms with Crippen LogP contribution in [0, 0.1) is 0 Å². The molecule has 2 rings (SSSR count). The largest absolute Gasteiger partial charge is 0.427 e. The van der Waals surface area contributed by atoms with Crippen LogP contribution in [0.1, 0.15) is 13.3 Å². The van der Waals surface area contributed by atoms with Gasteiger partial charge < -0.3 is 10.5 Å². The summed E-state index contributed by atoms with van der Waals surface area (Å²) in [5.74, 6) is 0.297. The number of rotatable bonds is 2. The molecule has 16 heavy (non-hydrogen) atoms. The smallest absolute Gasteiger partial charge is 0.310 e. The Morgan fingerprint density at radius 3 is 2.88 bits per heavy atom. The normalized spacial score (nSPS) is 10.3. The van der Waals surface area contributed by atoms with E-state index in [2.05, 4.69) is 0 Å². The van der Waals surface area contributed by atoms with Gasteiger partial charge >= 0.3 is 5.97 Å². The summed E-state index contributed by atoms with van der Waals surface area (Å²) in [4.78, 5) is 11.1. The lowest BCUT2D eigenvalue weighted by molar-refractivity contribution is -0.134. The molecule has 3 heteroatoms. The molecule has 0 amide bonds. The molecule has 0 aliphatic rings. The first kappa shape index (κ1) is 10.5. The zero-order chi connectivity index (χ0) is 11.5. The number of nitrogen functional groups attached to an aromatic ring is 1. The second-order valence-corrected chi connectivity index (χ2v) is 3.56. The summed E-state index contributed by atoms with van der Waals surface area (Å²) in [7, 11) is 0. The van der Waals surface area contributed by atoms with Crippen molar-refractivity contribution < 1.29 is 9.53 Å².